The summed E-state index contributed by atoms with van der Waals surface area (Å²) < 4.78 is 0. The van der Waals surface area contributed by atoms with Gasteiger partial charge in [-0.1, -0.05) is 0 Å². The van der Waals surface area contributed by atoms with Gasteiger partial charge < -0.3 is 0 Å². The number of nitrogens with two attached hydrogens (primary N) is 1. The second kappa shape index (κ2) is 3.80. The van der Waals surface area contributed by atoms with Crippen LogP contribution < -0.4 is 11.3 Å². The highest BCUT2D eigenvalue weighted by molar-refractivity contribution is 5.01. The van der Waals surface area contributed by atoms with Crippen molar-refractivity contribution in [3.8, 4) is 0 Å². The van der Waals surface area contributed by atoms with Gasteiger partial charge in [-0.25, -0.2) is 0 Å². The Morgan fingerprint density at radius 3 is 2.29 bits per heavy atom. The normalized spacial score (nSPS) is 26.8. The van der Waals surface area contributed by atoms with Crippen molar-refractivity contribution >= 4 is 0 Å². The van der Waals surface area contributed by atoms with Crippen molar-refractivity contribution in [3.05, 3.63) is 0 Å². The van der Waals surface area contributed by atoms with E-state index in [1.165, 1.54) is 38.8 Å². The Morgan fingerprint density at radius 2 is 1.86 bits per heavy atom. The zero-order valence-electron chi connectivity index (χ0n) is 9.42. The van der Waals surface area contributed by atoms with E-state index >= 15 is 0 Å². The van der Waals surface area contributed by atoms with Gasteiger partial charge in [0, 0.05) is 11.6 Å². The van der Waals surface area contributed by atoms with Crippen molar-refractivity contribution in [2.75, 3.05) is 13.1 Å². The Balaban J connectivity index is 2.03. The average molecular weight is 197 g/mol. The molecule has 0 aromatic heterocycles. The highest BCUT2D eigenvalue weighted by Crippen LogP contribution is 2.39. The average Bonchev–Trinajstić information content (AvgIpc) is 2.82. The Labute approximate surface area is 87.0 Å². The van der Waals surface area contributed by atoms with Crippen molar-refractivity contribution in [3.63, 3.8) is 0 Å². The fourth-order valence-electron chi connectivity index (χ4n) is 2.84. The van der Waals surface area contributed by atoms with Gasteiger partial charge in [0.15, 0.2) is 0 Å². The van der Waals surface area contributed by atoms with Gasteiger partial charge in [-0.2, -0.15) is 0 Å². The monoisotopic (exact) mass is 197 g/mol. The molecule has 0 aromatic rings. The molecule has 3 heteroatoms. The smallest absolute Gasteiger partial charge is 0.0417 e. The Morgan fingerprint density at radius 1 is 1.29 bits per heavy atom. The molecule has 2 fully saturated rings. The highest BCUT2D eigenvalue weighted by Gasteiger charge is 2.44. The molecule has 2 aliphatic rings. The first kappa shape index (κ1) is 10.4. The van der Waals surface area contributed by atoms with E-state index in [0.717, 1.165) is 5.92 Å². The van der Waals surface area contributed by atoms with Crippen LogP contribution in [0.1, 0.15) is 39.5 Å². The van der Waals surface area contributed by atoms with Crippen LogP contribution >= 0.6 is 0 Å². The summed E-state index contributed by atoms with van der Waals surface area (Å²) in [6, 6.07) is 0.473. The van der Waals surface area contributed by atoms with Crippen LogP contribution in [-0.2, 0) is 0 Å². The van der Waals surface area contributed by atoms with Gasteiger partial charge in [-0.3, -0.25) is 16.2 Å². The van der Waals surface area contributed by atoms with Crippen LogP contribution in [0.4, 0.5) is 0 Å². The lowest BCUT2D eigenvalue weighted by molar-refractivity contribution is 0.0965. The van der Waals surface area contributed by atoms with Crippen LogP contribution in [0.3, 0.4) is 0 Å². The molecule has 1 saturated carbocycles. The van der Waals surface area contributed by atoms with Crippen molar-refractivity contribution in [2.45, 2.75) is 51.1 Å². The first-order chi connectivity index (χ1) is 6.66. The molecule has 0 spiro atoms. The molecule has 1 atom stereocenters. The van der Waals surface area contributed by atoms with Crippen LogP contribution in [0, 0.1) is 5.92 Å². The molecule has 1 unspecified atom stereocenters. The molecule has 0 radical (unpaired) electrons. The Kier molecular flexibility index (Phi) is 2.82. The molecule has 1 saturated heterocycles. The number of rotatable bonds is 4. The van der Waals surface area contributed by atoms with Gasteiger partial charge in [0.05, 0.1) is 0 Å². The fourth-order valence-corrected chi connectivity index (χ4v) is 2.84. The maximum atomic E-state index is 5.69. The molecule has 3 N–H and O–H groups in total. The third-order valence-corrected chi connectivity index (χ3v) is 3.96. The fraction of sp³-hybridized carbons (Fsp3) is 1.00. The summed E-state index contributed by atoms with van der Waals surface area (Å²) in [6.07, 6.45) is 5.41. The topological polar surface area (TPSA) is 41.3 Å². The Bertz CT molecular complexity index is 193. The van der Waals surface area contributed by atoms with E-state index < -0.39 is 0 Å². The van der Waals surface area contributed by atoms with Crippen LogP contribution in [0.2, 0.25) is 0 Å². The van der Waals surface area contributed by atoms with Gasteiger partial charge in [0.25, 0.3) is 0 Å². The van der Waals surface area contributed by atoms with E-state index in [1.807, 2.05) is 0 Å². The van der Waals surface area contributed by atoms with Crippen molar-refractivity contribution in [1.82, 2.24) is 10.3 Å². The largest absolute Gasteiger partial charge is 0.297 e. The minimum Gasteiger partial charge on any atom is -0.297 e. The number of nitrogens with zero attached hydrogens (tertiary/aromatic N) is 1. The summed E-state index contributed by atoms with van der Waals surface area (Å²) in [5.41, 5.74) is 3.27. The van der Waals surface area contributed by atoms with Gasteiger partial charge in [-0.05, 0) is 58.5 Å². The highest BCUT2D eigenvalue weighted by atomic mass is 15.3. The van der Waals surface area contributed by atoms with Crippen molar-refractivity contribution in [2.24, 2.45) is 11.8 Å². The summed E-state index contributed by atoms with van der Waals surface area (Å²) in [4.78, 5) is 2.59. The molecule has 1 heterocycles. The number of hydrazine groups is 1. The molecule has 82 valence electrons. The van der Waals surface area contributed by atoms with Crippen LogP contribution in [0.15, 0.2) is 0 Å². The van der Waals surface area contributed by atoms with Gasteiger partial charge in [0.2, 0.25) is 0 Å². The molecular formula is C11H23N3. The van der Waals surface area contributed by atoms with Crippen LogP contribution in [0.5, 0.6) is 0 Å². The third-order valence-electron chi connectivity index (χ3n) is 3.96. The molecular weight excluding hydrogens is 174 g/mol. The number of likely N-dealkylation sites (tertiary alicyclic amines) is 1. The number of hydrogen-bond donors (Lipinski definition) is 2. The minimum absolute atomic E-state index is 0.229. The second-order valence-corrected chi connectivity index (χ2v) is 5.33. The van der Waals surface area contributed by atoms with Crippen LogP contribution in [-0.4, -0.2) is 29.6 Å². The molecule has 3 nitrogen and oxygen atoms in total. The first-order valence-electron chi connectivity index (χ1n) is 5.87. The summed E-state index contributed by atoms with van der Waals surface area (Å²) in [7, 11) is 0. The molecule has 0 aromatic carbocycles. The predicted molar refractivity (Wildman–Crippen MR) is 58.7 cm³/mol. The van der Waals surface area contributed by atoms with Gasteiger partial charge in [0.1, 0.15) is 0 Å². The van der Waals surface area contributed by atoms with Crippen LogP contribution in [0.25, 0.3) is 0 Å². The van der Waals surface area contributed by atoms with Crippen molar-refractivity contribution in [1.29, 1.82) is 0 Å². The summed E-state index contributed by atoms with van der Waals surface area (Å²) in [5.74, 6) is 6.51. The SMILES string of the molecule is CC(C)(C(NN)C1CC1)N1CCCC1. The lowest BCUT2D eigenvalue weighted by Crippen LogP contribution is -2.59. The molecule has 1 aliphatic carbocycles. The van der Waals surface area contributed by atoms with E-state index in [2.05, 4.69) is 24.2 Å². The summed E-state index contributed by atoms with van der Waals surface area (Å²) in [5, 5.41) is 0. The van der Waals surface area contributed by atoms with Crippen molar-refractivity contribution < 1.29 is 0 Å². The summed E-state index contributed by atoms with van der Waals surface area (Å²) >= 11 is 0. The lowest BCUT2D eigenvalue weighted by Gasteiger charge is -2.42. The Hall–Kier alpha value is -0.120. The molecule has 2 rings (SSSR count). The lowest BCUT2D eigenvalue weighted by atomic mass is 9.89. The molecule has 1 aliphatic heterocycles. The van der Waals surface area contributed by atoms with Gasteiger partial charge >= 0.3 is 0 Å². The number of hydrogen-bond acceptors (Lipinski definition) is 3. The quantitative estimate of drug-likeness (QED) is 0.524. The zero-order valence-corrected chi connectivity index (χ0v) is 9.42. The molecule has 0 amide bonds. The van der Waals surface area contributed by atoms with E-state index in [4.69, 9.17) is 5.84 Å². The minimum atomic E-state index is 0.229. The van der Waals surface area contributed by atoms with E-state index in [-0.39, 0.29) is 5.54 Å². The van der Waals surface area contributed by atoms with Gasteiger partial charge in [-0.15, -0.1) is 0 Å². The molecule has 0 bridgehead atoms. The zero-order chi connectivity index (χ0) is 10.2. The standard InChI is InChI=1S/C11H23N3/c1-11(2,14-7-3-4-8-14)10(13-12)9-5-6-9/h9-10,13H,3-8,12H2,1-2H3. The second-order valence-electron chi connectivity index (χ2n) is 5.33. The third kappa shape index (κ3) is 1.81. The first-order valence-corrected chi connectivity index (χ1v) is 5.87. The predicted octanol–water partition coefficient (Wildman–Crippen LogP) is 1.10. The molecule has 14 heavy (non-hydrogen) atoms. The van der Waals surface area contributed by atoms with E-state index in [1.54, 1.807) is 0 Å². The van der Waals surface area contributed by atoms with E-state index in [0.29, 0.717) is 6.04 Å². The number of nitrogens with one attached hydrogen (secondary N) is 1. The van der Waals surface area contributed by atoms with E-state index in [9.17, 15) is 0 Å². The maximum absolute atomic E-state index is 5.69. The maximum Gasteiger partial charge on any atom is 0.0417 e. The summed E-state index contributed by atoms with van der Waals surface area (Å²) in [6.45, 7) is 7.16.